The first kappa shape index (κ1) is 27.5. The maximum atomic E-state index is 13.2. The molecule has 1 amide bonds. The average Bonchev–Trinajstić information content (AvgIpc) is 3.19. The van der Waals surface area contributed by atoms with Crippen LogP contribution in [0.1, 0.15) is 34.3 Å². The molecule has 0 saturated carbocycles. The molecule has 1 fully saturated rings. The van der Waals surface area contributed by atoms with Gasteiger partial charge in [0.1, 0.15) is 18.6 Å². The second kappa shape index (κ2) is 13.3. The van der Waals surface area contributed by atoms with Crippen LogP contribution in [0.4, 0.5) is 4.39 Å². The second-order valence-corrected chi connectivity index (χ2v) is 8.80. The van der Waals surface area contributed by atoms with Crippen LogP contribution in [0.15, 0.2) is 65.8 Å². The van der Waals surface area contributed by atoms with Gasteiger partial charge in [0.05, 0.1) is 0 Å². The van der Waals surface area contributed by atoms with E-state index in [2.05, 4.69) is 10.1 Å². The first-order valence-corrected chi connectivity index (χ1v) is 11.9. The van der Waals surface area contributed by atoms with Gasteiger partial charge in [-0.15, -0.1) is 0 Å². The van der Waals surface area contributed by atoms with Crippen LogP contribution >= 0.6 is 0 Å². The first-order chi connectivity index (χ1) is 17.8. The van der Waals surface area contributed by atoms with E-state index in [-0.39, 0.29) is 11.7 Å². The number of amides is 1. The Hall–Kier alpha value is -4.05. The summed E-state index contributed by atoms with van der Waals surface area (Å²) in [4.78, 5) is 41.0. The van der Waals surface area contributed by atoms with Crippen molar-refractivity contribution in [3.63, 3.8) is 0 Å². The number of fused-ring (bicyclic) bond motifs is 1. The highest BCUT2D eigenvalue weighted by Crippen LogP contribution is 2.26. The van der Waals surface area contributed by atoms with E-state index in [1.165, 1.54) is 19.2 Å². The first-order valence-electron chi connectivity index (χ1n) is 11.9. The maximum Gasteiger partial charge on any atom is 0.328 e. The van der Waals surface area contributed by atoms with Crippen LogP contribution in [0.2, 0.25) is 0 Å². The molecule has 196 valence electrons. The number of carbonyl (C=O) groups is 3. The molecule has 0 bridgehead atoms. The van der Waals surface area contributed by atoms with Crippen LogP contribution in [-0.4, -0.2) is 76.9 Å². The summed E-state index contributed by atoms with van der Waals surface area (Å²) < 4.78 is 13.2. The fourth-order valence-corrected chi connectivity index (χ4v) is 4.38. The van der Waals surface area contributed by atoms with Crippen molar-refractivity contribution in [1.82, 2.24) is 9.80 Å². The van der Waals surface area contributed by atoms with E-state index in [0.717, 1.165) is 61.4 Å². The lowest BCUT2D eigenvalue weighted by molar-refractivity contribution is -0.134. The van der Waals surface area contributed by atoms with Gasteiger partial charge in [0, 0.05) is 42.9 Å². The van der Waals surface area contributed by atoms with E-state index in [1.54, 1.807) is 12.1 Å². The molecule has 0 spiro atoms. The van der Waals surface area contributed by atoms with E-state index in [0.29, 0.717) is 24.6 Å². The number of hydrogen-bond acceptors (Lipinski definition) is 6. The highest BCUT2D eigenvalue weighted by atomic mass is 19.1. The lowest BCUT2D eigenvalue weighted by atomic mass is 9.95. The molecular formula is C27H30FN3O6. The van der Waals surface area contributed by atoms with Gasteiger partial charge in [-0.05, 0) is 55.6 Å². The number of oxime groups is 1. The largest absolute Gasteiger partial charge is 0.478 e. The molecule has 2 heterocycles. The van der Waals surface area contributed by atoms with Crippen LogP contribution in [0.5, 0.6) is 0 Å². The predicted octanol–water partition coefficient (Wildman–Crippen LogP) is 3.26. The zero-order valence-electron chi connectivity index (χ0n) is 20.5. The molecule has 1 saturated heterocycles. The quantitative estimate of drug-likeness (QED) is 0.317. The molecule has 10 heteroatoms. The van der Waals surface area contributed by atoms with Crippen molar-refractivity contribution in [3.8, 4) is 0 Å². The van der Waals surface area contributed by atoms with E-state index >= 15 is 0 Å². The Morgan fingerprint density at radius 1 is 1.05 bits per heavy atom. The third-order valence-corrected chi connectivity index (χ3v) is 6.20. The summed E-state index contributed by atoms with van der Waals surface area (Å²) in [5.74, 6) is -2.10. The summed E-state index contributed by atoms with van der Waals surface area (Å²) in [5, 5.41) is 19.8. The van der Waals surface area contributed by atoms with Crippen LogP contribution in [0.3, 0.4) is 0 Å². The summed E-state index contributed by atoms with van der Waals surface area (Å²) in [6.45, 7) is 4.11. The SMILES string of the molecule is CO/N=C(\CN1CCC(CN2Cc3ccccc3C2=O)CC1)c1ccc(F)cc1.O=C(O)/C=C/C(=O)O. The third kappa shape index (κ3) is 8.25. The number of halogens is 1. The molecule has 0 radical (unpaired) electrons. The van der Waals surface area contributed by atoms with Gasteiger partial charge in [0.15, 0.2) is 0 Å². The number of nitrogens with zero attached hydrogens (tertiary/aromatic N) is 3. The number of benzene rings is 2. The molecule has 9 nitrogen and oxygen atoms in total. The summed E-state index contributed by atoms with van der Waals surface area (Å²) in [7, 11) is 1.53. The van der Waals surface area contributed by atoms with Crippen molar-refractivity contribution in [2.45, 2.75) is 19.4 Å². The Labute approximate surface area is 214 Å². The number of piperidine rings is 1. The molecule has 37 heavy (non-hydrogen) atoms. The topological polar surface area (TPSA) is 120 Å². The molecule has 2 aromatic carbocycles. The van der Waals surface area contributed by atoms with Crippen LogP contribution in [0.25, 0.3) is 0 Å². The number of carbonyl (C=O) groups excluding carboxylic acids is 1. The Balaban J connectivity index is 0.000000414. The summed E-state index contributed by atoms with van der Waals surface area (Å²) in [5.41, 5.74) is 3.66. The second-order valence-electron chi connectivity index (χ2n) is 8.80. The minimum atomic E-state index is -1.26. The molecule has 0 aliphatic carbocycles. The lowest BCUT2D eigenvalue weighted by Crippen LogP contribution is -2.41. The third-order valence-electron chi connectivity index (χ3n) is 6.20. The normalized spacial score (nSPS) is 16.3. The van der Waals surface area contributed by atoms with Crippen LogP contribution < -0.4 is 0 Å². The van der Waals surface area contributed by atoms with E-state index in [9.17, 15) is 18.8 Å². The highest BCUT2D eigenvalue weighted by Gasteiger charge is 2.30. The van der Waals surface area contributed by atoms with Crippen LogP contribution in [-0.2, 0) is 21.0 Å². The van der Waals surface area contributed by atoms with Crippen molar-refractivity contribution >= 4 is 23.6 Å². The van der Waals surface area contributed by atoms with Gasteiger partial charge in [0.2, 0.25) is 0 Å². The molecule has 0 aromatic heterocycles. The van der Waals surface area contributed by atoms with Gasteiger partial charge in [-0.1, -0.05) is 35.5 Å². The molecule has 4 rings (SSSR count). The zero-order chi connectivity index (χ0) is 26.8. The summed E-state index contributed by atoms with van der Waals surface area (Å²) in [6.07, 6.45) is 3.21. The molecule has 2 aliphatic rings. The minimum absolute atomic E-state index is 0.161. The maximum absolute atomic E-state index is 13.2. The van der Waals surface area contributed by atoms with E-state index < -0.39 is 11.9 Å². The summed E-state index contributed by atoms with van der Waals surface area (Å²) in [6, 6.07) is 14.2. The average molecular weight is 512 g/mol. The van der Waals surface area contributed by atoms with Gasteiger partial charge >= 0.3 is 11.9 Å². The van der Waals surface area contributed by atoms with E-state index in [4.69, 9.17) is 15.1 Å². The van der Waals surface area contributed by atoms with Crippen molar-refractivity contribution in [3.05, 3.63) is 83.2 Å². The number of likely N-dealkylation sites (tertiary alicyclic amines) is 1. The Morgan fingerprint density at radius 3 is 2.24 bits per heavy atom. The Morgan fingerprint density at radius 2 is 1.68 bits per heavy atom. The number of carboxylic acids is 2. The van der Waals surface area contributed by atoms with Gasteiger partial charge in [-0.2, -0.15) is 0 Å². The molecular weight excluding hydrogens is 481 g/mol. The fraction of sp³-hybridized carbons (Fsp3) is 0.333. The van der Waals surface area contributed by atoms with Crippen LogP contribution in [0, 0.1) is 11.7 Å². The smallest absolute Gasteiger partial charge is 0.328 e. The number of rotatable bonds is 8. The van der Waals surface area contributed by atoms with Gasteiger partial charge in [-0.25, -0.2) is 14.0 Å². The highest BCUT2D eigenvalue weighted by molar-refractivity contribution is 6.01. The number of aliphatic carboxylic acids is 2. The number of carboxylic acid groups (broad SMARTS) is 2. The molecule has 2 aromatic rings. The fourth-order valence-electron chi connectivity index (χ4n) is 4.38. The predicted molar refractivity (Wildman–Crippen MR) is 135 cm³/mol. The number of hydrogen-bond donors (Lipinski definition) is 2. The van der Waals surface area contributed by atoms with Gasteiger partial charge in [-0.3, -0.25) is 9.69 Å². The van der Waals surface area contributed by atoms with Gasteiger partial charge < -0.3 is 20.0 Å². The summed E-state index contributed by atoms with van der Waals surface area (Å²) >= 11 is 0. The van der Waals surface area contributed by atoms with Gasteiger partial charge in [0.25, 0.3) is 5.91 Å². The van der Waals surface area contributed by atoms with Crippen molar-refractivity contribution < 1.29 is 33.8 Å². The molecule has 0 atom stereocenters. The molecule has 0 unspecified atom stereocenters. The minimum Gasteiger partial charge on any atom is -0.478 e. The molecule has 2 N–H and O–H groups in total. The molecule has 2 aliphatic heterocycles. The Bertz CT molecular complexity index is 1140. The zero-order valence-corrected chi connectivity index (χ0v) is 20.5. The van der Waals surface area contributed by atoms with E-state index in [1.807, 2.05) is 29.2 Å². The standard InChI is InChI=1S/C23H26FN3O2.C4H4O4/c1-29-25-22(18-6-8-20(24)9-7-18)16-26-12-10-17(11-13-26)14-27-15-19-4-2-3-5-21(19)23(27)28;5-3(6)1-2-4(7)8/h2-9,17H,10-16H2,1H3;1-2H,(H,5,6)(H,7,8)/b25-22+;2-1+. The lowest BCUT2D eigenvalue weighted by Gasteiger charge is -2.34. The van der Waals surface area contributed by atoms with Crippen molar-refractivity contribution in [2.75, 3.05) is 33.3 Å². The van der Waals surface area contributed by atoms with Crippen molar-refractivity contribution in [1.29, 1.82) is 0 Å². The Kier molecular flexibility index (Phi) is 9.91. The monoisotopic (exact) mass is 511 g/mol. The van der Waals surface area contributed by atoms with Crippen molar-refractivity contribution in [2.24, 2.45) is 11.1 Å².